The van der Waals surface area contributed by atoms with E-state index >= 15 is 0 Å². The molecule has 0 unspecified atom stereocenters. The molecule has 0 spiro atoms. The summed E-state index contributed by atoms with van der Waals surface area (Å²) in [5, 5.41) is 11.8. The van der Waals surface area contributed by atoms with Crippen molar-refractivity contribution in [3.05, 3.63) is 28.8 Å². The highest BCUT2D eigenvalue weighted by molar-refractivity contribution is 6.31. The zero-order chi connectivity index (χ0) is 14.4. The molecule has 1 amide bonds. The Labute approximate surface area is 122 Å². The first kappa shape index (κ1) is 14.6. The highest BCUT2D eigenvalue weighted by Gasteiger charge is 2.16. The SMILES string of the molecule is N#Cc1ccc(OCC(=O)NC[C@H]2CCCO2)cc1Cl. The van der Waals surface area contributed by atoms with E-state index in [1.54, 1.807) is 12.1 Å². The molecule has 0 aliphatic carbocycles. The lowest BCUT2D eigenvalue weighted by Gasteiger charge is -2.11. The summed E-state index contributed by atoms with van der Waals surface area (Å²) in [6.07, 6.45) is 2.14. The van der Waals surface area contributed by atoms with Crippen molar-refractivity contribution in [2.45, 2.75) is 18.9 Å². The molecule has 6 heteroatoms. The molecule has 0 bridgehead atoms. The molecule has 0 radical (unpaired) electrons. The average Bonchev–Trinajstić information content (AvgIpc) is 2.96. The third kappa shape index (κ3) is 4.12. The average molecular weight is 295 g/mol. The molecule has 1 aliphatic heterocycles. The molecule has 0 aromatic heterocycles. The molecular weight excluding hydrogens is 280 g/mol. The topological polar surface area (TPSA) is 71.3 Å². The van der Waals surface area contributed by atoms with Crippen LogP contribution in [-0.4, -0.2) is 31.8 Å². The number of amides is 1. The maximum Gasteiger partial charge on any atom is 0.258 e. The van der Waals surface area contributed by atoms with Crippen LogP contribution in [0, 0.1) is 11.3 Å². The Hall–Kier alpha value is -1.77. The molecular formula is C14H15ClN2O3. The molecule has 106 valence electrons. The summed E-state index contributed by atoms with van der Waals surface area (Å²) in [6, 6.07) is 6.65. The fraction of sp³-hybridized carbons (Fsp3) is 0.429. The number of hydrogen-bond donors (Lipinski definition) is 1. The predicted molar refractivity (Wildman–Crippen MR) is 73.6 cm³/mol. The summed E-state index contributed by atoms with van der Waals surface area (Å²) < 4.78 is 10.7. The van der Waals surface area contributed by atoms with E-state index in [0.29, 0.717) is 22.9 Å². The summed E-state index contributed by atoms with van der Waals surface area (Å²) in [7, 11) is 0. The van der Waals surface area contributed by atoms with Crippen LogP contribution in [-0.2, 0) is 9.53 Å². The number of halogens is 1. The van der Waals surface area contributed by atoms with Crippen molar-refractivity contribution in [2.75, 3.05) is 19.8 Å². The normalized spacial score (nSPS) is 17.5. The Morgan fingerprint density at radius 1 is 1.60 bits per heavy atom. The van der Waals surface area contributed by atoms with Crippen LogP contribution in [0.15, 0.2) is 18.2 Å². The number of hydrogen-bond acceptors (Lipinski definition) is 4. The van der Waals surface area contributed by atoms with Crippen LogP contribution in [0.1, 0.15) is 18.4 Å². The second kappa shape index (κ2) is 7.13. The van der Waals surface area contributed by atoms with Gasteiger partial charge in [0.15, 0.2) is 6.61 Å². The molecule has 1 N–H and O–H groups in total. The Kier molecular flexibility index (Phi) is 5.22. The van der Waals surface area contributed by atoms with Crippen LogP contribution >= 0.6 is 11.6 Å². The lowest BCUT2D eigenvalue weighted by atomic mass is 10.2. The maximum absolute atomic E-state index is 11.6. The van der Waals surface area contributed by atoms with Crippen LogP contribution in [0.5, 0.6) is 5.75 Å². The van der Waals surface area contributed by atoms with Gasteiger partial charge in [0, 0.05) is 19.2 Å². The number of nitrogens with zero attached hydrogens (tertiary/aromatic N) is 1. The van der Waals surface area contributed by atoms with E-state index in [1.807, 2.05) is 6.07 Å². The summed E-state index contributed by atoms with van der Waals surface area (Å²) >= 11 is 5.87. The van der Waals surface area contributed by atoms with Gasteiger partial charge in [0.05, 0.1) is 16.7 Å². The second-order valence-corrected chi connectivity index (χ2v) is 4.89. The van der Waals surface area contributed by atoms with Crippen LogP contribution in [0.3, 0.4) is 0 Å². The van der Waals surface area contributed by atoms with Crippen LogP contribution < -0.4 is 10.1 Å². The van der Waals surface area contributed by atoms with Gasteiger partial charge in [-0.25, -0.2) is 0 Å². The van der Waals surface area contributed by atoms with Gasteiger partial charge in [0.25, 0.3) is 5.91 Å². The second-order valence-electron chi connectivity index (χ2n) is 4.48. The number of ether oxygens (including phenoxy) is 2. The van der Waals surface area contributed by atoms with Crippen LogP contribution in [0.25, 0.3) is 0 Å². The van der Waals surface area contributed by atoms with Crippen molar-refractivity contribution in [1.29, 1.82) is 5.26 Å². The summed E-state index contributed by atoms with van der Waals surface area (Å²) in [6.45, 7) is 1.19. The standard InChI is InChI=1S/C14H15ClN2O3/c15-13-6-11(4-3-10(13)7-16)20-9-14(18)17-8-12-2-1-5-19-12/h3-4,6,12H,1-2,5,8-9H2,(H,17,18)/t12-/m1/s1. The molecule has 1 aromatic rings. The zero-order valence-electron chi connectivity index (χ0n) is 10.9. The number of rotatable bonds is 5. The van der Waals surface area contributed by atoms with E-state index in [-0.39, 0.29) is 18.6 Å². The quantitative estimate of drug-likeness (QED) is 0.900. The molecule has 0 saturated carbocycles. The Balaban J connectivity index is 1.75. The smallest absolute Gasteiger partial charge is 0.258 e. The van der Waals surface area contributed by atoms with Crippen molar-refractivity contribution in [3.8, 4) is 11.8 Å². The van der Waals surface area contributed by atoms with Crippen molar-refractivity contribution in [3.63, 3.8) is 0 Å². The lowest BCUT2D eigenvalue weighted by molar-refractivity contribution is -0.123. The first-order chi connectivity index (χ1) is 9.69. The van der Waals surface area contributed by atoms with E-state index in [0.717, 1.165) is 19.4 Å². The molecule has 1 heterocycles. The van der Waals surface area contributed by atoms with Crippen LogP contribution in [0.2, 0.25) is 5.02 Å². The van der Waals surface area contributed by atoms with Gasteiger partial charge in [-0.3, -0.25) is 4.79 Å². The number of carbonyl (C=O) groups excluding carboxylic acids is 1. The molecule has 1 atom stereocenters. The monoisotopic (exact) mass is 294 g/mol. The van der Waals surface area contributed by atoms with E-state index in [4.69, 9.17) is 26.3 Å². The van der Waals surface area contributed by atoms with Gasteiger partial charge in [0.2, 0.25) is 0 Å². The Morgan fingerprint density at radius 2 is 2.45 bits per heavy atom. The molecule has 5 nitrogen and oxygen atoms in total. The van der Waals surface area contributed by atoms with Gasteiger partial charge < -0.3 is 14.8 Å². The highest BCUT2D eigenvalue weighted by Crippen LogP contribution is 2.21. The van der Waals surface area contributed by atoms with Crippen molar-refractivity contribution in [1.82, 2.24) is 5.32 Å². The van der Waals surface area contributed by atoms with E-state index in [1.165, 1.54) is 6.07 Å². The third-order valence-electron chi connectivity index (χ3n) is 2.98. The van der Waals surface area contributed by atoms with Crippen molar-refractivity contribution >= 4 is 17.5 Å². The number of benzene rings is 1. The maximum atomic E-state index is 11.6. The largest absolute Gasteiger partial charge is 0.484 e. The summed E-state index contributed by atoms with van der Waals surface area (Å²) in [4.78, 5) is 11.6. The summed E-state index contributed by atoms with van der Waals surface area (Å²) in [5.41, 5.74) is 0.377. The minimum Gasteiger partial charge on any atom is -0.484 e. The third-order valence-corrected chi connectivity index (χ3v) is 3.29. The minimum absolute atomic E-state index is 0.0883. The first-order valence-electron chi connectivity index (χ1n) is 6.40. The van der Waals surface area contributed by atoms with Crippen molar-refractivity contribution in [2.24, 2.45) is 0 Å². The highest BCUT2D eigenvalue weighted by atomic mass is 35.5. The number of nitriles is 1. The van der Waals surface area contributed by atoms with Gasteiger partial charge in [-0.05, 0) is 25.0 Å². The number of nitrogens with one attached hydrogen (secondary N) is 1. The zero-order valence-corrected chi connectivity index (χ0v) is 11.7. The molecule has 1 fully saturated rings. The van der Waals surface area contributed by atoms with Gasteiger partial charge in [-0.1, -0.05) is 11.6 Å². The molecule has 1 aliphatic rings. The Morgan fingerprint density at radius 3 is 3.10 bits per heavy atom. The van der Waals surface area contributed by atoms with Gasteiger partial charge in [-0.15, -0.1) is 0 Å². The van der Waals surface area contributed by atoms with E-state index in [9.17, 15) is 4.79 Å². The van der Waals surface area contributed by atoms with Crippen LogP contribution in [0.4, 0.5) is 0 Å². The van der Waals surface area contributed by atoms with Crippen molar-refractivity contribution < 1.29 is 14.3 Å². The minimum atomic E-state index is -0.207. The lowest BCUT2D eigenvalue weighted by Crippen LogP contribution is -2.35. The fourth-order valence-electron chi connectivity index (χ4n) is 1.91. The van der Waals surface area contributed by atoms with Gasteiger partial charge >= 0.3 is 0 Å². The Bertz CT molecular complexity index is 522. The summed E-state index contributed by atoms with van der Waals surface area (Å²) in [5.74, 6) is 0.252. The molecule has 1 aromatic carbocycles. The first-order valence-corrected chi connectivity index (χ1v) is 6.77. The van der Waals surface area contributed by atoms with E-state index in [2.05, 4.69) is 5.32 Å². The van der Waals surface area contributed by atoms with Gasteiger partial charge in [-0.2, -0.15) is 5.26 Å². The predicted octanol–water partition coefficient (Wildman–Crippen LogP) is 1.89. The molecule has 20 heavy (non-hydrogen) atoms. The molecule has 2 rings (SSSR count). The number of carbonyl (C=O) groups is 1. The van der Waals surface area contributed by atoms with Gasteiger partial charge in [0.1, 0.15) is 11.8 Å². The fourth-order valence-corrected chi connectivity index (χ4v) is 2.12. The molecule has 1 saturated heterocycles. The van der Waals surface area contributed by atoms with E-state index < -0.39 is 0 Å².